The van der Waals surface area contributed by atoms with Gasteiger partial charge in [-0.15, -0.1) is 11.3 Å². The molecular formula is C45H28N4S. The summed E-state index contributed by atoms with van der Waals surface area (Å²) in [6, 6.07) is 59.8. The molecular weight excluding hydrogens is 629 g/mol. The van der Waals surface area contributed by atoms with Crippen molar-refractivity contribution in [3.63, 3.8) is 0 Å². The largest absolute Gasteiger partial charge is 0.309 e. The Balaban J connectivity index is 1.08. The number of hydrogen-bond donors (Lipinski definition) is 0. The van der Waals surface area contributed by atoms with E-state index < -0.39 is 0 Å². The fourth-order valence-electron chi connectivity index (χ4n) is 7.04. The van der Waals surface area contributed by atoms with Crippen molar-refractivity contribution in [2.45, 2.75) is 0 Å². The smallest absolute Gasteiger partial charge is 0.164 e. The van der Waals surface area contributed by atoms with Gasteiger partial charge in [-0.2, -0.15) is 0 Å². The molecule has 0 fully saturated rings. The van der Waals surface area contributed by atoms with E-state index in [4.69, 9.17) is 15.0 Å². The summed E-state index contributed by atoms with van der Waals surface area (Å²) in [6.07, 6.45) is 0. The van der Waals surface area contributed by atoms with Gasteiger partial charge in [0.1, 0.15) is 0 Å². The molecule has 0 unspecified atom stereocenters. The van der Waals surface area contributed by atoms with Gasteiger partial charge in [-0.25, -0.2) is 15.0 Å². The summed E-state index contributed by atoms with van der Waals surface area (Å²) in [4.78, 5) is 14.8. The predicted octanol–water partition coefficient (Wildman–Crippen LogP) is 12.0. The number of nitrogens with zero attached hydrogens (tertiary/aromatic N) is 4. The highest BCUT2D eigenvalue weighted by Crippen LogP contribution is 2.40. The molecule has 5 heteroatoms. The fraction of sp³-hybridized carbons (Fsp3) is 0. The standard InChI is InChI=1S/C45H28N4S/c1-4-12-29(13-5-1)43-46-44(30-14-6-2-7-15-30)48-45(47-43)33-20-23-36-38-27-32(22-25-41(38)50-42(36)28-33)31-21-24-40-37(26-31)35-18-10-11-19-39(35)49(40)34-16-8-3-9-17-34/h1-28H. The first kappa shape index (κ1) is 28.6. The lowest BCUT2D eigenvalue weighted by molar-refractivity contribution is 1.07. The Kier molecular flexibility index (Phi) is 6.64. The lowest BCUT2D eigenvalue weighted by Crippen LogP contribution is -1.99. The van der Waals surface area contributed by atoms with E-state index in [-0.39, 0.29) is 0 Å². The zero-order valence-electron chi connectivity index (χ0n) is 26.9. The summed E-state index contributed by atoms with van der Waals surface area (Å²) < 4.78 is 4.83. The molecule has 0 amide bonds. The summed E-state index contributed by atoms with van der Waals surface area (Å²) in [5.74, 6) is 2.00. The van der Waals surface area contributed by atoms with Crippen molar-refractivity contribution in [2.24, 2.45) is 0 Å². The quantitative estimate of drug-likeness (QED) is 0.185. The van der Waals surface area contributed by atoms with E-state index in [1.807, 2.05) is 60.7 Å². The van der Waals surface area contributed by atoms with E-state index in [1.54, 1.807) is 11.3 Å². The normalized spacial score (nSPS) is 11.6. The molecule has 0 saturated carbocycles. The van der Waals surface area contributed by atoms with Crippen LogP contribution in [0.4, 0.5) is 0 Å². The SMILES string of the molecule is c1ccc(-c2nc(-c3ccccc3)nc(-c3ccc4c(c3)sc3ccc(-c5ccc6c(c5)c5ccccc5n6-c5ccccc5)cc34)n2)cc1. The van der Waals surface area contributed by atoms with Gasteiger partial charge in [-0.05, 0) is 59.7 Å². The summed E-state index contributed by atoms with van der Waals surface area (Å²) >= 11 is 1.81. The van der Waals surface area contributed by atoms with Crippen LogP contribution in [0.15, 0.2) is 170 Å². The van der Waals surface area contributed by atoms with Crippen LogP contribution in [0.25, 0.3) is 93.0 Å². The number of para-hydroxylation sites is 2. The van der Waals surface area contributed by atoms with Gasteiger partial charge in [0.25, 0.3) is 0 Å². The molecule has 0 spiro atoms. The van der Waals surface area contributed by atoms with Gasteiger partial charge in [0, 0.05) is 53.3 Å². The van der Waals surface area contributed by atoms with Crippen LogP contribution < -0.4 is 0 Å². The topological polar surface area (TPSA) is 43.6 Å². The van der Waals surface area contributed by atoms with Gasteiger partial charge in [-0.3, -0.25) is 0 Å². The van der Waals surface area contributed by atoms with Crippen LogP contribution in [-0.4, -0.2) is 19.5 Å². The lowest BCUT2D eigenvalue weighted by atomic mass is 10.0. The molecule has 0 saturated heterocycles. The summed E-state index contributed by atoms with van der Waals surface area (Å²) in [5, 5.41) is 5.00. The Morgan fingerprint density at radius 1 is 0.340 bits per heavy atom. The first-order chi connectivity index (χ1) is 24.8. The summed E-state index contributed by atoms with van der Waals surface area (Å²) in [6.45, 7) is 0. The maximum absolute atomic E-state index is 4.96. The van der Waals surface area contributed by atoms with Gasteiger partial charge in [0.15, 0.2) is 17.5 Å². The average molecular weight is 657 g/mol. The molecule has 4 nitrogen and oxygen atoms in total. The van der Waals surface area contributed by atoms with E-state index in [9.17, 15) is 0 Å². The van der Waals surface area contributed by atoms with E-state index in [0.717, 1.165) is 16.7 Å². The van der Waals surface area contributed by atoms with Crippen molar-refractivity contribution < 1.29 is 0 Å². The summed E-state index contributed by atoms with van der Waals surface area (Å²) in [5.41, 5.74) is 8.91. The molecule has 10 aromatic rings. The van der Waals surface area contributed by atoms with E-state index in [0.29, 0.717) is 17.5 Å². The number of rotatable bonds is 5. The van der Waals surface area contributed by atoms with Gasteiger partial charge >= 0.3 is 0 Å². The Bertz CT molecular complexity index is 2800. The van der Waals surface area contributed by atoms with Crippen molar-refractivity contribution in [3.8, 4) is 51.0 Å². The zero-order valence-corrected chi connectivity index (χ0v) is 27.7. The van der Waals surface area contributed by atoms with Gasteiger partial charge < -0.3 is 4.57 Å². The van der Waals surface area contributed by atoms with E-state index in [2.05, 4.69) is 114 Å². The number of thiophene rings is 1. The van der Waals surface area contributed by atoms with Crippen molar-refractivity contribution in [1.29, 1.82) is 0 Å². The molecule has 7 aromatic carbocycles. The predicted molar refractivity (Wildman–Crippen MR) is 209 cm³/mol. The number of aromatic nitrogens is 4. The molecule has 50 heavy (non-hydrogen) atoms. The molecule has 234 valence electrons. The first-order valence-corrected chi connectivity index (χ1v) is 17.5. The van der Waals surface area contributed by atoms with Crippen LogP contribution >= 0.6 is 11.3 Å². The molecule has 0 aliphatic rings. The highest BCUT2D eigenvalue weighted by atomic mass is 32.1. The third kappa shape index (κ3) is 4.79. The molecule has 0 aliphatic heterocycles. The van der Waals surface area contributed by atoms with Crippen LogP contribution in [0.5, 0.6) is 0 Å². The van der Waals surface area contributed by atoms with Crippen molar-refractivity contribution in [2.75, 3.05) is 0 Å². The molecule has 3 aromatic heterocycles. The van der Waals surface area contributed by atoms with Gasteiger partial charge in [-0.1, -0.05) is 121 Å². The Morgan fingerprint density at radius 2 is 0.880 bits per heavy atom. The third-order valence-electron chi connectivity index (χ3n) is 9.45. The Labute approximate surface area is 292 Å². The van der Waals surface area contributed by atoms with Crippen LogP contribution in [0.3, 0.4) is 0 Å². The number of hydrogen-bond acceptors (Lipinski definition) is 4. The second kappa shape index (κ2) is 11.6. The average Bonchev–Trinajstić information content (AvgIpc) is 3.73. The minimum atomic E-state index is 0.666. The monoisotopic (exact) mass is 656 g/mol. The summed E-state index contributed by atoms with van der Waals surface area (Å²) in [7, 11) is 0. The molecule has 3 heterocycles. The third-order valence-corrected chi connectivity index (χ3v) is 10.6. The molecule has 0 radical (unpaired) electrons. The van der Waals surface area contributed by atoms with Crippen LogP contribution in [-0.2, 0) is 0 Å². The maximum Gasteiger partial charge on any atom is 0.164 e. The fourth-order valence-corrected chi connectivity index (χ4v) is 8.17. The van der Waals surface area contributed by atoms with Gasteiger partial charge in [0.2, 0.25) is 0 Å². The second-order valence-electron chi connectivity index (χ2n) is 12.5. The maximum atomic E-state index is 4.96. The minimum absolute atomic E-state index is 0.666. The van der Waals surface area contributed by atoms with Crippen LogP contribution in [0.1, 0.15) is 0 Å². The number of fused-ring (bicyclic) bond motifs is 6. The number of benzene rings is 7. The zero-order chi connectivity index (χ0) is 33.0. The molecule has 0 atom stereocenters. The highest BCUT2D eigenvalue weighted by Gasteiger charge is 2.16. The van der Waals surface area contributed by atoms with Gasteiger partial charge in [0.05, 0.1) is 11.0 Å². The van der Waals surface area contributed by atoms with Crippen LogP contribution in [0, 0.1) is 0 Å². The van der Waals surface area contributed by atoms with E-state index in [1.165, 1.54) is 58.8 Å². The Hall–Kier alpha value is -6.43. The first-order valence-electron chi connectivity index (χ1n) is 16.7. The lowest BCUT2D eigenvalue weighted by Gasteiger charge is -2.08. The van der Waals surface area contributed by atoms with E-state index >= 15 is 0 Å². The minimum Gasteiger partial charge on any atom is -0.309 e. The Morgan fingerprint density at radius 3 is 1.58 bits per heavy atom. The molecule has 0 aliphatic carbocycles. The molecule has 0 N–H and O–H groups in total. The van der Waals surface area contributed by atoms with Crippen molar-refractivity contribution in [1.82, 2.24) is 19.5 Å². The van der Waals surface area contributed by atoms with Crippen molar-refractivity contribution >= 4 is 53.3 Å². The highest BCUT2D eigenvalue weighted by molar-refractivity contribution is 7.25. The second-order valence-corrected chi connectivity index (χ2v) is 13.6. The molecule has 0 bridgehead atoms. The van der Waals surface area contributed by atoms with Crippen LogP contribution in [0.2, 0.25) is 0 Å². The molecule has 10 rings (SSSR count). The van der Waals surface area contributed by atoms with Crippen molar-refractivity contribution in [3.05, 3.63) is 170 Å².